The minimum absolute atomic E-state index is 0.0667. The van der Waals surface area contributed by atoms with Gasteiger partial charge in [0.2, 0.25) is 5.91 Å². The highest BCUT2D eigenvalue weighted by Gasteiger charge is 2.54. The van der Waals surface area contributed by atoms with Crippen LogP contribution in [0.5, 0.6) is 0 Å². The van der Waals surface area contributed by atoms with Crippen LogP contribution in [0.25, 0.3) is 0 Å². The number of carbonyl (C=O) groups excluding carboxylic acids is 1. The molecule has 0 saturated carbocycles. The first kappa shape index (κ1) is 18.0. The van der Waals surface area contributed by atoms with Gasteiger partial charge < -0.3 is 14.6 Å². The van der Waals surface area contributed by atoms with Crippen molar-refractivity contribution in [3.05, 3.63) is 11.3 Å². The van der Waals surface area contributed by atoms with E-state index < -0.39 is 14.2 Å². The average molecular weight is 371 g/mol. The van der Waals surface area contributed by atoms with Crippen molar-refractivity contribution in [2.75, 3.05) is 32.4 Å². The largest absolute Gasteiger partial charge is 0.477 e. The van der Waals surface area contributed by atoms with Gasteiger partial charge in [0.1, 0.15) is 31.9 Å². The maximum atomic E-state index is 12.6. The highest BCUT2D eigenvalue weighted by Crippen LogP contribution is 2.41. The highest BCUT2D eigenvalue weighted by molar-refractivity contribution is 8.00. The number of nitrogens with one attached hydrogen (secondary N) is 1. The van der Waals surface area contributed by atoms with Crippen LogP contribution in [0.1, 0.15) is 12.8 Å². The number of carboxylic acids is 1. The third kappa shape index (κ3) is 3.29. The number of carbonyl (C=O) groups is 2. The van der Waals surface area contributed by atoms with Crippen LogP contribution >= 0.6 is 11.8 Å². The number of rotatable bonds is 5. The Kier molecular flexibility index (Phi) is 4.61. The zero-order valence-electron chi connectivity index (χ0n) is 15.0. The molecule has 134 valence electrons. The zero-order valence-corrected chi connectivity index (χ0v) is 16.8. The highest BCUT2D eigenvalue weighted by atomic mass is 32.2. The summed E-state index contributed by atoms with van der Waals surface area (Å²) in [7, 11) is 0.605. The summed E-state index contributed by atoms with van der Waals surface area (Å²) >= 11 is 1.71. The fourth-order valence-corrected chi connectivity index (χ4v) is 6.66. The lowest BCUT2D eigenvalue weighted by atomic mass is 10.0. The van der Waals surface area contributed by atoms with Crippen molar-refractivity contribution in [2.45, 2.75) is 43.9 Å². The second-order valence-electron chi connectivity index (χ2n) is 8.47. The lowest BCUT2D eigenvalue weighted by Crippen LogP contribution is -2.73. The van der Waals surface area contributed by atoms with Gasteiger partial charge in [-0.15, -0.1) is 11.8 Å². The van der Waals surface area contributed by atoms with E-state index in [4.69, 9.17) is 0 Å². The Balaban J connectivity index is 1.83. The molecule has 2 saturated heterocycles. The maximum absolute atomic E-state index is 12.6. The molecular formula is C16H28N3O3SSi+. The van der Waals surface area contributed by atoms with Gasteiger partial charge in [0.25, 0.3) is 0 Å². The minimum Gasteiger partial charge on any atom is -0.477 e. The molecule has 0 radical (unpaired) electrons. The number of likely N-dealkylation sites (tertiary alicyclic amines) is 1. The van der Waals surface area contributed by atoms with Gasteiger partial charge in [0.05, 0.1) is 20.1 Å². The van der Waals surface area contributed by atoms with Crippen LogP contribution < -0.4 is 4.98 Å². The summed E-state index contributed by atoms with van der Waals surface area (Å²) in [6.07, 6.45) is 2.40. The Bertz CT molecular complexity index is 596. The Hall–Kier alpha value is -0.833. The molecule has 2 N–H and O–H groups in total. The van der Waals surface area contributed by atoms with Gasteiger partial charge in [-0.2, -0.15) is 0 Å². The summed E-state index contributed by atoms with van der Waals surface area (Å²) in [5, 5.41) is 9.68. The van der Waals surface area contributed by atoms with E-state index in [1.807, 2.05) is 0 Å². The summed E-state index contributed by atoms with van der Waals surface area (Å²) in [6, 6.07) is -0.228. The third-order valence-electron chi connectivity index (χ3n) is 5.06. The number of hydrogen-bond donors (Lipinski definition) is 2. The van der Waals surface area contributed by atoms with Crippen molar-refractivity contribution in [1.29, 1.82) is 0 Å². The van der Waals surface area contributed by atoms with E-state index in [-0.39, 0.29) is 23.0 Å². The van der Waals surface area contributed by atoms with E-state index in [0.29, 0.717) is 5.75 Å². The monoisotopic (exact) mass is 370 g/mol. The number of aliphatic carboxylic acids is 1. The minimum atomic E-state index is -1.59. The van der Waals surface area contributed by atoms with Crippen LogP contribution in [0, 0.1) is 0 Å². The molecule has 0 aromatic carbocycles. The Morgan fingerprint density at radius 3 is 2.54 bits per heavy atom. The molecule has 0 bridgehead atoms. The molecule has 0 aromatic rings. The van der Waals surface area contributed by atoms with Crippen molar-refractivity contribution in [3.8, 4) is 0 Å². The molecule has 1 amide bonds. The van der Waals surface area contributed by atoms with Crippen molar-refractivity contribution >= 4 is 31.9 Å². The Labute approximate surface area is 148 Å². The van der Waals surface area contributed by atoms with Crippen LogP contribution in [-0.2, 0) is 9.59 Å². The SMILES string of the molecule is C[N+]1(CC2=C(C(=O)O)N3C(=O)C(N[Si](C)(C)C)[C@H]3SC2)CCCC1. The molecule has 3 rings (SSSR count). The maximum Gasteiger partial charge on any atom is 0.352 e. The molecular weight excluding hydrogens is 342 g/mol. The van der Waals surface area contributed by atoms with Gasteiger partial charge in [-0.25, -0.2) is 4.79 Å². The van der Waals surface area contributed by atoms with E-state index in [0.717, 1.165) is 29.7 Å². The quantitative estimate of drug-likeness (QED) is 0.433. The predicted octanol–water partition coefficient (Wildman–Crippen LogP) is 1.27. The number of quaternary nitrogens is 1. The van der Waals surface area contributed by atoms with Crippen LogP contribution in [0.15, 0.2) is 11.3 Å². The lowest BCUT2D eigenvalue weighted by Gasteiger charge is -2.51. The first-order valence-electron chi connectivity index (χ1n) is 8.63. The summed E-state index contributed by atoms with van der Waals surface area (Å²) in [5.74, 6) is -0.317. The van der Waals surface area contributed by atoms with Crippen LogP contribution in [0.2, 0.25) is 19.6 Å². The van der Waals surface area contributed by atoms with Gasteiger partial charge >= 0.3 is 5.97 Å². The van der Waals surface area contributed by atoms with Crippen LogP contribution in [-0.4, -0.2) is 78.5 Å². The molecule has 3 heterocycles. The molecule has 8 heteroatoms. The smallest absolute Gasteiger partial charge is 0.352 e. The van der Waals surface area contributed by atoms with Gasteiger partial charge in [0, 0.05) is 24.2 Å². The second-order valence-corrected chi connectivity index (χ2v) is 14.4. The van der Waals surface area contributed by atoms with Gasteiger partial charge in [0.15, 0.2) is 0 Å². The van der Waals surface area contributed by atoms with Gasteiger partial charge in [-0.3, -0.25) is 9.69 Å². The Morgan fingerprint density at radius 2 is 2.00 bits per heavy atom. The number of fused-ring (bicyclic) bond motifs is 1. The number of nitrogens with zero attached hydrogens (tertiary/aromatic N) is 2. The standard InChI is InChI=1S/C16H27N3O3SSi/c1-19(7-5-6-8-19)9-11-10-23-15-12(17-24(2,3)4)14(20)18(15)13(11)16(21)22/h12,15,17H,5-10H2,1-4H3/p+1/t12?,15-/m1/s1. The average Bonchev–Trinajstić information content (AvgIpc) is 2.89. The molecule has 24 heavy (non-hydrogen) atoms. The summed E-state index contributed by atoms with van der Waals surface area (Å²) in [5.41, 5.74) is 1.18. The van der Waals surface area contributed by atoms with E-state index in [1.54, 1.807) is 11.8 Å². The van der Waals surface area contributed by atoms with Gasteiger partial charge in [-0.1, -0.05) is 19.6 Å². The number of thioether (sulfide) groups is 1. The van der Waals surface area contributed by atoms with Crippen molar-refractivity contribution < 1.29 is 19.2 Å². The summed E-state index contributed by atoms with van der Waals surface area (Å²) < 4.78 is 0.899. The molecule has 2 fully saturated rings. The number of likely N-dealkylation sites (N-methyl/N-ethyl adjacent to an activating group) is 1. The molecule has 3 aliphatic heterocycles. The fraction of sp³-hybridized carbons (Fsp3) is 0.750. The normalized spacial score (nSPS) is 29.5. The lowest BCUT2D eigenvalue weighted by molar-refractivity contribution is -0.893. The fourth-order valence-electron chi connectivity index (χ4n) is 3.99. The zero-order chi connectivity index (χ0) is 17.7. The molecule has 0 aromatic heterocycles. The Morgan fingerprint density at radius 1 is 1.38 bits per heavy atom. The number of carboxylic acid groups (broad SMARTS) is 1. The number of amides is 1. The third-order valence-corrected chi connectivity index (χ3v) is 7.57. The summed E-state index contributed by atoms with van der Waals surface area (Å²) in [6.45, 7) is 9.42. The van der Waals surface area contributed by atoms with Crippen molar-refractivity contribution in [3.63, 3.8) is 0 Å². The van der Waals surface area contributed by atoms with E-state index in [1.165, 1.54) is 17.7 Å². The molecule has 1 unspecified atom stereocenters. The molecule has 0 aliphatic carbocycles. The van der Waals surface area contributed by atoms with Gasteiger partial charge in [-0.05, 0) is 0 Å². The van der Waals surface area contributed by atoms with Crippen molar-refractivity contribution in [2.24, 2.45) is 0 Å². The first-order valence-corrected chi connectivity index (χ1v) is 13.2. The topological polar surface area (TPSA) is 69.6 Å². The van der Waals surface area contributed by atoms with E-state index in [2.05, 4.69) is 31.7 Å². The van der Waals surface area contributed by atoms with Crippen molar-refractivity contribution in [1.82, 2.24) is 9.88 Å². The number of β-lactam (4-membered cyclic amide) rings is 1. The summed E-state index contributed by atoms with van der Waals surface area (Å²) in [4.78, 5) is 29.5. The molecule has 6 nitrogen and oxygen atoms in total. The second kappa shape index (κ2) is 6.16. The molecule has 0 spiro atoms. The van der Waals surface area contributed by atoms with Crippen LogP contribution in [0.4, 0.5) is 0 Å². The predicted molar refractivity (Wildman–Crippen MR) is 98.0 cm³/mol. The van der Waals surface area contributed by atoms with E-state index in [9.17, 15) is 14.7 Å². The van der Waals surface area contributed by atoms with Crippen LogP contribution in [0.3, 0.4) is 0 Å². The van der Waals surface area contributed by atoms with E-state index >= 15 is 0 Å². The molecule has 2 atom stereocenters. The first-order chi connectivity index (χ1) is 11.1. The number of hydrogen-bond acceptors (Lipinski definition) is 4. The molecule has 3 aliphatic rings.